The molecule has 0 spiro atoms. The minimum Gasteiger partial charge on any atom is -0.459 e. The normalized spacial score (nSPS) is 21.4. The first-order valence-corrected chi connectivity index (χ1v) is 11.1. The molecule has 3 atom stereocenters. The minimum absolute atomic E-state index is 0.155. The number of ether oxygens (including phenoxy) is 3. The summed E-state index contributed by atoms with van der Waals surface area (Å²) in [5.41, 5.74) is 0.276. The Balaban J connectivity index is 1.84. The van der Waals surface area contributed by atoms with E-state index in [1.165, 1.54) is 24.3 Å². The van der Waals surface area contributed by atoms with Crippen molar-refractivity contribution in [1.29, 1.82) is 0 Å². The lowest BCUT2D eigenvalue weighted by atomic mass is 10.1. The van der Waals surface area contributed by atoms with Crippen LogP contribution in [-0.4, -0.2) is 51.4 Å². The van der Waals surface area contributed by atoms with Gasteiger partial charge in [-0.05, 0) is 50.2 Å². The topological polar surface area (TPSA) is 105 Å². The predicted molar refractivity (Wildman–Crippen MR) is 110 cm³/mol. The summed E-state index contributed by atoms with van der Waals surface area (Å²) in [7, 11) is -4.30. The summed E-state index contributed by atoms with van der Waals surface area (Å²) >= 11 is 5.81. The van der Waals surface area contributed by atoms with E-state index in [0.717, 1.165) is 0 Å². The summed E-state index contributed by atoms with van der Waals surface area (Å²) in [6, 6.07) is 13.5. The van der Waals surface area contributed by atoms with Crippen molar-refractivity contribution in [2.45, 2.75) is 42.8 Å². The van der Waals surface area contributed by atoms with Crippen molar-refractivity contribution in [1.82, 2.24) is 0 Å². The fourth-order valence-corrected chi connectivity index (χ4v) is 4.22. The van der Waals surface area contributed by atoms with Crippen molar-refractivity contribution < 1.29 is 36.4 Å². The third-order valence-corrected chi connectivity index (χ3v) is 6.01. The van der Waals surface area contributed by atoms with Crippen molar-refractivity contribution in [3.63, 3.8) is 0 Å². The van der Waals surface area contributed by atoms with E-state index in [1.807, 2.05) is 0 Å². The third-order valence-electron chi connectivity index (χ3n) is 4.40. The number of benzene rings is 2. The molecule has 0 aromatic heterocycles. The van der Waals surface area contributed by atoms with E-state index in [1.54, 1.807) is 44.2 Å². The van der Waals surface area contributed by atoms with Crippen LogP contribution in [0.1, 0.15) is 24.2 Å². The van der Waals surface area contributed by atoms with Gasteiger partial charge in [0.25, 0.3) is 10.1 Å². The Kier molecular flexibility index (Phi) is 7.13. The zero-order valence-electron chi connectivity index (χ0n) is 16.8. The van der Waals surface area contributed by atoms with Crippen LogP contribution in [0.25, 0.3) is 0 Å². The standard InChI is InChI=1S/C21H21ClO8S/c1-21(2)28-17(12-23)19(29-21)18(13-27-20(24)14-6-4-3-5-7-14)30-31(25,26)16-10-8-15(22)9-11-16/h3-12,17-19H,13H2,1-2H3. The van der Waals surface area contributed by atoms with Crippen LogP contribution in [0.5, 0.6) is 0 Å². The van der Waals surface area contributed by atoms with Crippen LogP contribution in [0.4, 0.5) is 0 Å². The molecule has 0 amide bonds. The van der Waals surface area contributed by atoms with Gasteiger partial charge in [-0.25, -0.2) is 4.79 Å². The Morgan fingerprint density at radius 2 is 1.77 bits per heavy atom. The third kappa shape index (κ3) is 5.90. The lowest BCUT2D eigenvalue weighted by molar-refractivity contribution is -0.156. The summed E-state index contributed by atoms with van der Waals surface area (Å²) in [4.78, 5) is 23.7. The first-order chi connectivity index (χ1) is 14.6. The SMILES string of the molecule is CC1(C)OC(C=O)C(C(COC(=O)c2ccccc2)OS(=O)(=O)c2ccc(Cl)cc2)O1. The summed E-state index contributed by atoms with van der Waals surface area (Å²) in [6.07, 6.45) is -3.09. The van der Waals surface area contributed by atoms with Crippen LogP contribution in [0.3, 0.4) is 0 Å². The quantitative estimate of drug-likeness (QED) is 0.331. The van der Waals surface area contributed by atoms with Crippen molar-refractivity contribution in [3.8, 4) is 0 Å². The number of rotatable bonds is 8. The molecule has 1 fully saturated rings. The fourth-order valence-electron chi connectivity index (χ4n) is 3.02. The van der Waals surface area contributed by atoms with Gasteiger partial charge in [-0.2, -0.15) is 8.42 Å². The molecule has 2 aromatic carbocycles. The maximum atomic E-state index is 12.8. The molecule has 8 nitrogen and oxygen atoms in total. The van der Waals surface area contributed by atoms with Gasteiger partial charge in [0.15, 0.2) is 12.1 Å². The minimum atomic E-state index is -4.30. The molecule has 0 N–H and O–H groups in total. The lowest BCUT2D eigenvalue weighted by Gasteiger charge is -2.24. The Labute approximate surface area is 185 Å². The maximum Gasteiger partial charge on any atom is 0.338 e. The largest absolute Gasteiger partial charge is 0.459 e. The highest BCUT2D eigenvalue weighted by Crippen LogP contribution is 2.31. The second-order valence-corrected chi connectivity index (χ2v) is 9.22. The molecule has 2 aromatic rings. The smallest absolute Gasteiger partial charge is 0.338 e. The highest BCUT2D eigenvalue weighted by Gasteiger charge is 2.47. The molecule has 166 valence electrons. The summed E-state index contributed by atoms with van der Waals surface area (Å²) in [5, 5.41) is 0.350. The van der Waals surface area contributed by atoms with Gasteiger partial charge < -0.3 is 19.0 Å². The molecular formula is C21H21ClO8S. The number of hydrogen-bond acceptors (Lipinski definition) is 8. The molecular weight excluding hydrogens is 448 g/mol. The molecule has 3 rings (SSSR count). The number of carbonyl (C=O) groups excluding carboxylic acids is 2. The Morgan fingerprint density at radius 3 is 2.39 bits per heavy atom. The molecule has 1 heterocycles. The monoisotopic (exact) mass is 468 g/mol. The lowest BCUT2D eigenvalue weighted by Crippen LogP contribution is -2.42. The van der Waals surface area contributed by atoms with Gasteiger partial charge in [-0.1, -0.05) is 29.8 Å². The van der Waals surface area contributed by atoms with Gasteiger partial charge >= 0.3 is 5.97 Å². The number of hydrogen-bond donors (Lipinski definition) is 0. The number of carbonyl (C=O) groups is 2. The average molecular weight is 469 g/mol. The van der Waals surface area contributed by atoms with Gasteiger partial charge in [0.1, 0.15) is 24.9 Å². The van der Waals surface area contributed by atoms with Crippen LogP contribution < -0.4 is 0 Å². The molecule has 0 bridgehead atoms. The Morgan fingerprint density at radius 1 is 1.13 bits per heavy atom. The molecule has 3 unspecified atom stereocenters. The summed E-state index contributed by atoms with van der Waals surface area (Å²) in [6.45, 7) is 2.66. The van der Waals surface area contributed by atoms with Gasteiger partial charge in [0, 0.05) is 5.02 Å². The second kappa shape index (κ2) is 9.46. The number of aldehydes is 1. The van der Waals surface area contributed by atoms with Gasteiger partial charge in [-0.3, -0.25) is 4.18 Å². The predicted octanol–water partition coefficient (Wildman–Crippen LogP) is 2.99. The first-order valence-electron chi connectivity index (χ1n) is 9.33. The van der Waals surface area contributed by atoms with Crippen molar-refractivity contribution in [3.05, 3.63) is 65.2 Å². The van der Waals surface area contributed by atoms with Crippen LogP contribution >= 0.6 is 11.6 Å². The van der Waals surface area contributed by atoms with E-state index >= 15 is 0 Å². The summed E-state index contributed by atoms with van der Waals surface area (Å²) < 4.78 is 47.4. The Bertz CT molecular complexity index is 1020. The highest BCUT2D eigenvalue weighted by molar-refractivity contribution is 7.86. The maximum absolute atomic E-state index is 12.8. The van der Waals surface area contributed by atoms with Crippen LogP contribution in [0.2, 0.25) is 5.02 Å². The van der Waals surface area contributed by atoms with Crippen molar-refractivity contribution >= 4 is 34.0 Å². The van der Waals surface area contributed by atoms with E-state index in [9.17, 15) is 18.0 Å². The van der Waals surface area contributed by atoms with Gasteiger partial charge in [0.05, 0.1) is 10.5 Å². The molecule has 0 aliphatic carbocycles. The van der Waals surface area contributed by atoms with Crippen LogP contribution in [-0.2, 0) is 33.3 Å². The van der Waals surface area contributed by atoms with Crippen molar-refractivity contribution in [2.75, 3.05) is 6.61 Å². The second-order valence-electron chi connectivity index (χ2n) is 7.21. The molecule has 10 heteroatoms. The molecule has 31 heavy (non-hydrogen) atoms. The van der Waals surface area contributed by atoms with Crippen molar-refractivity contribution in [2.24, 2.45) is 0 Å². The zero-order chi connectivity index (χ0) is 22.6. The van der Waals surface area contributed by atoms with E-state index in [2.05, 4.69) is 0 Å². The molecule has 1 saturated heterocycles. The van der Waals surface area contributed by atoms with Gasteiger partial charge in [0.2, 0.25) is 0 Å². The van der Waals surface area contributed by atoms with Crippen LogP contribution in [0, 0.1) is 0 Å². The summed E-state index contributed by atoms with van der Waals surface area (Å²) in [5.74, 6) is -1.84. The number of halogens is 1. The van der Waals surface area contributed by atoms with Crippen LogP contribution in [0.15, 0.2) is 59.5 Å². The van der Waals surface area contributed by atoms with Gasteiger partial charge in [-0.15, -0.1) is 0 Å². The zero-order valence-corrected chi connectivity index (χ0v) is 18.3. The van der Waals surface area contributed by atoms with E-state index in [0.29, 0.717) is 11.3 Å². The molecule has 0 saturated carbocycles. The molecule has 1 aliphatic heterocycles. The van der Waals surface area contributed by atoms with E-state index < -0.39 is 46.8 Å². The fraction of sp³-hybridized carbons (Fsp3) is 0.333. The van der Waals surface area contributed by atoms with E-state index in [4.69, 9.17) is 30.0 Å². The average Bonchev–Trinajstić information content (AvgIpc) is 3.06. The molecule has 1 aliphatic rings. The molecule has 0 radical (unpaired) electrons. The highest BCUT2D eigenvalue weighted by atomic mass is 35.5. The Hall–Kier alpha value is -2.30. The first kappa shape index (κ1) is 23.4. The number of esters is 1. The van der Waals surface area contributed by atoms with E-state index in [-0.39, 0.29) is 10.5 Å².